The number of carbonyl (C=O) groups excluding carboxylic acids is 1. The number of hydrogen-bond donors (Lipinski definition) is 1. The zero-order valence-corrected chi connectivity index (χ0v) is 17.8. The fourth-order valence-electron chi connectivity index (χ4n) is 3.01. The van der Waals surface area contributed by atoms with E-state index in [1.54, 1.807) is 29.5 Å². The lowest BCUT2D eigenvalue weighted by Gasteiger charge is -2.10. The quantitative estimate of drug-likeness (QED) is 0.514. The number of thiophene rings is 1. The standard InChI is InChI=1S/C20H23FN4OS2/c1-4-10-25-19(15-11-27-13(3)14(15)5-2)23-24-20(25)28-12-18(26)22-17-9-7-6-8-16(17)21/h6-9,11H,4-5,10,12H2,1-3H3,(H,22,26). The van der Waals surface area contributed by atoms with Crippen LogP contribution in [0.15, 0.2) is 34.8 Å². The summed E-state index contributed by atoms with van der Waals surface area (Å²) >= 11 is 3.03. The number of benzene rings is 1. The Morgan fingerprint density at radius 1 is 1.29 bits per heavy atom. The Balaban J connectivity index is 1.76. The van der Waals surface area contributed by atoms with E-state index in [2.05, 4.69) is 46.2 Å². The first-order valence-electron chi connectivity index (χ1n) is 9.22. The van der Waals surface area contributed by atoms with Crippen LogP contribution < -0.4 is 5.32 Å². The molecule has 1 N–H and O–H groups in total. The largest absolute Gasteiger partial charge is 0.323 e. The van der Waals surface area contributed by atoms with Crippen molar-refractivity contribution in [1.29, 1.82) is 0 Å². The van der Waals surface area contributed by atoms with Gasteiger partial charge in [0.25, 0.3) is 0 Å². The van der Waals surface area contributed by atoms with Gasteiger partial charge in [0.1, 0.15) is 5.82 Å². The molecular formula is C20H23FN4OS2. The Morgan fingerprint density at radius 2 is 2.07 bits per heavy atom. The minimum absolute atomic E-state index is 0.138. The van der Waals surface area contributed by atoms with Crippen LogP contribution in [0.5, 0.6) is 0 Å². The number of para-hydroxylation sites is 1. The summed E-state index contributed by atoms with van der Waals surface area (Å²) in [7, 11) is 0. The number of nitrogens with one attached hydrogen (secondary N) is 1. The van der Waals surface area contributed by atoms with E-state index >= 15 is 0 Å². The average Bonchev–Trinajstić information content (AvgIpc) is 3.25. The maximum atomic E-state index is 13.7. The smallest absolute Gasteiger partial charge is 0.234 e. The Hall–Kier alpha value is -2.19. The van der Waals surface area contributed by atoms with Crippen LogP contribution in [0, 0.1) is 12.7 Å². The van der Waals surface area contributed by atoms with Crippen LogP contribution in [-0.2, 0) is 17.8 Å². The molecule has 0 fully saturated rings. The van der Waals surface area contributed by atoms with Crippen LogP contribution >= 0.6 is 23.1 Å². The SMILES string of the molecule is CCCn1c(SCC(=O)Nc2ccccc2F)nnc1-c1csc(C)c1CC. The lowest BCUT2D eigenvalue weighted by Crippen LogP contribution is -2.15. The number of thioether (sulfide) groups is 1. The highest BCUT2D eigenvalue weighted by atomic mass is 32.2. The van der Waals surface area contributed by atoms with Gasteiger partial charge in [-0.25, -0.2) is 4.39 Å². The average molecular weight is 419 g/mol. The molecule has 5 nitrogen and oxygen atoms in total. The van der Waals surface area contributed by atoms with Crippen LogP contribution in [0.4, 0.5) is 10.1 Å². The number of rotatable bonds is 8. The highest BCUT2D eigenvalue weighted by Gasteiger charge is 2.19. The molecule has 2 heterocycles. The molecule has 0 aliphatic carbocycles. The molecule has 0 saturated heterocycles. The summed E-state index contributed by atoms with van der Waals surface area (Å²) in [6.45, 7) is 7.14. The molecule has 1 amide bonds. The third-order valence-corrected chi connectivity index (χ3v) is 6.26. The lowest BCUT2D eigenvalue weighted by molar-refractivity contribution is -0.113. The topological polar surface area (TPSA) is 59.8 Å². The summed E-state index contributed by atoms with van der Waals surface area (Å²) in [6, 6.07) is 6.14. The molecule has 3 aromatic rings. The second-order valence-corrected chi connectivity index (χ2v) is 8.34. The predicted molar refractivity (Wildman–Crippen MR) is 113 cm³/mol. The van der Waals surface area contributed by atoms with E-state index in [0.717, 1.165) is 30.8 Å². The highest BCUT2D eigenvalue weighted by Crippen LogP contribution is 2.32. The second-order valence-electron chi connectivity index (χ2n) is 6.31. The number of amides is 1. The number of anilines is 1. The van der Waals surface area contributed by atoms with Crippen LogP contribution in [0.25, 0.3) is 11.4 Å². The van der Waals surface area contributed by atoms with Crippen LogP contribution in [0.2, 0.25) is 0 Å². The Labute approximate surface area is 172 Å². The Kier molecular flexibility index (Phi) is 6.85. The lowest BCUT2D eigenvalue weighted by atomic mass is 10.1. The fraction of sp³-hybridized carbons (Fsp3) is 0.350. The molecule has 8 heteroatoms. The Morgan fingerprint density at radius 3 is 2.79 bits per heavy atom. The minimum Gasteiger partial charge on any atom is -0.323 e. The molecule has 28 heavy (non-hydrogen) atoms. The number of carbonyl (C=O) groups is 1. The van der Waals surface area contributed by atoms with Crippen molar-refractivity contribution in [3.63, 3.8) is 0 Å². The van der Waals surface area contributed by atoms with E-state index in [9.17, 15) is 9.18 Å². The molecule has 0 radical (unpaired) electrons. The van der Waals surface area contributed by atoms with Gasteiger partial charge in [-0.1, -0.05) is 37.7 Å². The van der Waals surface area contributed by atoms with Gasteiger partial charge in [-0.3, -0.25) is 4.79 Å². The van der Waals surface area contributed by atoms with Gasteiger partial charge in [0.15, 0.2) is 11.0 Å². The zero-order valence-electron chi connectivity index (χ0n) is 16.2. The number of aromatic nitrogens is 3. The van der Waals surface area contributed by atoms with Gasteiger partial charge in [-0.15, -0.1) is 21.5 Å². The maximum absolute atomic E-state index is 13.7. The molecule has 0 unspecified atom stereocenters. The van der Waals surface area contributed by atoms with Crippen LogP contribution in [0.3, 0.4) is 0 Å². The van der Waals surface area contributed by atoms with Gasteiger partial charge < -0.3 is 9.88 Å². The first-order chi connectivity index (χ1) is 13.5. The minimum atomic E-state index is -0.447. The number of nitrogens with zero attached hydrogens (tertiary/aromatic N) is 3. The van der Waals surface area contributed by atoms with E-state index in [4.69, 9.17) is 0 Å². The van der Waals surface area contributed by atoms with Crippen molar-refractivity contribution in [2.75, 3.05) is 11.1 Å². The van der Waals surface area contributed by atoms with Crippen molar-refractivity contribution >= 4 is 34.7 Å². The third-order valence-electron chi connectivity index (χ3n) is 4.34. The van der Waals surface area contributed by atoms with E-state index in [1.807, 2.05) is 0 Å². The molecule has 3 rings (SSSR count). The first kappa shape index (κ1) is 20.5. The van der Waals surface area contributed by atoms with Gasteiger partial charge in [0.05, 0.1) is 11.4 Å². The summed E-state index contributed by atoms with van der Waals surface area (Å²) in [5, 5.41) is 14.2. The molecule has 1 aromatic carbocycles. The van der Waals surface area contributed by atoms with Crippen molar-refractivity contribution in [1.82, 2.24) is 14.8 Å². The van der Waals surface area contributed by atoms with Crippen molar-refractivity contribution in [2.24, 2.45) is 0 Å². The van der Waals surface area contributed by atoms with Crippen LogP contribution in [-0.4, -0.2) is 26.4 Å². The molecular weight excluding hydrogens is 395 g/mol. The number of hydrogen-bond acceptors (Lipinski definition) is 5. The molecule has 0 saturated carbocycles. The third kappa shape index (κ3) is 4.44. The van der Waals surface area contributed by atoms with Crippen molar-refractivity contribution in [3.8, 4) is 11.4 Å². The van der Waals surface area contributed by atoms with Crippen molar-refractivity contribution < 1.29 is 9.18 Å². The summed E-state index contributed by atoms with van der Waals surface area (Å²) in [4.78, 5) is 13.5. The van der Waals surface area contributed by atoms with Gasteiger partial charge >= 0.3 is 0 Å². The van der Waals surface area contributed by atoms with Crippen molar-refractivity contribution in [3.05, 3.63) is 45.9 Å². The Bertz CT molecular complexity index is 967. The molecule has 0 bridgehead atoms. The molecule has 0 spiro atoms. The molecule has 0 aliphatic heterocycles. The molecule has 0 aliphatic rings. The summed E-state index contributed by atoms with van der Waals surface area (Å²) in [6.07, 6.45) is 1.88. The summed E-state index contributed by atoms with van der Waals surface area (Å²) in [5.41, 5.74) is 2.60. The van der Waals surface area contributed by atoms with E-state index in [0.29, 0.717) is 5.16 Å². The molecule has 148 valence electrons. The van der Waals surface area contributed by atoms with Crippen molar-refractivity contribution in [2.45, 2.75) is 45.3 Å². The highest BCUT2D eigenvalue weighted by molar-refractivity contribution is 7.99. The first-order valence-corrected chi connectivity index (χ1v) is 11.1. The van der Waals surface area contributed by atoms with E-state index in [-0.39, 0.29) is 17.3 Å². The van der Waals surface area contributed by atoms with Gasteiger partial charge in [-0.2, -0.15) is 0 Å². The summed E-state index contributed by atoms with van der Waals surface area (Å²) in [5.74, 6) is 0.264. The predicted octanol–water partition coefficient (Wildman–Crippen LogP) is 5.16. The van der Waals surface area contributed by atoms with Gasteiger partial charge in [-0.05, 0) is 37.5 Å². The van der Waals surface area contributed by atoms with Crippen LogP contribution in [0.1, 0.15) is 30.7 Å². The maximum Gasteiger partial charge on any atom is 0.234 e. The van der Waals surface area contributed by atoms with Gasteiger partial charge in [0.2, 0.25) is 5.91 Å². The fourth-order valence-corrected chi connectivity index (χ4v) is 4.71. The zero-order chi connectivity index (χ0) is 20.1. The number of halogens is 1. The number of aryl methyl sites for hydroxylation is 1. The monoisotopic (exact) mass is 418 g/mol. The van der Waals surface area contributed by atoms with E-state index in [1.165, 1.54) is 28.3 Å². The van der Waals surface area contributed by atoms with Gasteiger partial charge in [0, 0.05) is 22.4 Å². The molecule has 0 atom stereocenters. The second kappa shape index (κ2) is 9.34. The normalized spacial score (nSPS) is 11.0. The summed E-state index contributed by atoms with van der Waals surface area (Å²) < 4.78 is 15.8. The van der Waals surface area contributed by atoms with E-state index < -0.39 is 5.82 Å². The molecule has 2 aromatic heterocycles.